The lowest BCUT2D eigenvalue weighted by Gasteiger charge is -2.38. The Morgan fingerprint density at radius 2 is 1.94 bits per heavy atom. The molecular weight excluding hydrogens is 214 g/mol. The molecule has 0 radical (unpaired) electrons. The van der Waals surface area contributed by atoms with E-state index in [4.69, 9.17) is 0 Å². The Morgan fingerprint density at radius 3 is 2.35 bits per heavy atom. The van der Waals surface area contributed by atoms with Crippen molar-refractivity contribution in [3.63, 3.8) is 0 Å². The van der Waals surface area contributed by atoms with Gasteiger partial charge in [0.1, 0.15) is 5.54 Å². The van der Waals surface area contributed by atoms with Gasteiger partial charge in [-0.15, -0.1) is 0 Å². The zero-order valence-electron chi connectivity index (χ0n) is 11.7. The molecule has 0 bridgehead atoms. The monoisotopic (exact) mass is 241 g/mol. The Bertz CT molecular complexity index is 265. The van der Waals surface area contributed by atoms with E-state index in [0.717, 1.165) is 19.3 Å². The molecule has 17 heavy (non-hydrogen) atoms. The van der Waals surface area contributed by atoms with Gasteiger partial charge in [-0.25, -0.2) is 0 Å². The van der Waals surface area contributed by atoms with Crippen LogP contribution >= 0.6 is 0 Å². The van der Waals surface area contributed by atoms with Crippen LogP contribution in [0.1, 0.15) is 66.2 Å². The topological polar surface area (TPSA) is 49.3 Å². The summed E-state index contributed by atoms with van der Waals surface area (Å²) in [5, 5.41) is 12.7. The van der Waals surface area contributed by atoms with E-state index in [1.165, 1.54) is 12.8 Å². The van der Waals surface area contributed by atoms with Crippen molar-refractivity contribution >= 4 is 5.97 Å². The molecule has 0 saturated heterocycles. The molecule has 1 saturated carbocycles. The number of aliphatic carboxylic acids is 1. The van der Waals surface area contributed by atoms with Gasteiger partial charge in [0.05, 0.1) is 0 Å². The van der Waals surface area contributed by atoms with Crippen LogP contribution in [0.5, 0.6) is 0 Å². The molecule has 1 rings (SSSR count). The van der Waals surface area contributed by atoms with Crippen molar-refractivity contribution in [2.75, 3.05) is 0 Å². The van der Waals surface area contributed by atoms with Gasteiger partial charge in [-0.3, -0.25) is 10.1 Å². The Morgan fingerprint density at radius 1 is 1.41 bits per heavy atom. The minimum atomic E-state index is -0.749. The van der Waals surface area contributed by atoms with Crippen LogP contribution in [0.2, 0.25) is 0 Å². The van der Waals surface area contributed by atoms with Crippen molar-refractivity contribution in [3.8, 4) is 0 Å². The fourth-order valence-corrected chi connectivity index (χ4v) is 2.73. The lowest BCUT2D eigenvalue weighted by Crippen LogP contribution is -2.54. The number of carboxylic acids is 1. The van der Waals surface area contributed by atoms with Crippen molar-refractivity contribution in [2.24, 2.45) is 5.41 Å². The molecule has 2 N–H and O–H groups in total. The highest BCUT2D eigenvalue weighted by Gasteiger charge is 2.36. The van der Waals surface area contributed by atoms with Gasteiger partial charge in [0.15, 0.2) is 0 Å². The second kappa shape index (κ2) is 5.38. The van der Waals surface area contributed by atoms with E-state index in [-0.39, 0.29) is 0 Å². The fraction of sp³-hybridized carbons (Fsp3) is 0.929. The standard InChI is InChI=1S/C14H27NO2/c1-5-8-14(4,12(16)17)15-11-6-9-13(2,3)10-7-11/h11,15H,5-10H2,1-4H3,(H,16,17). The van der Waals surface area contributed by atoms with Crippen LogP contribution in [0.15, 0.2) is 0 Å². The van der Waals surface area contributed by atoms with Gasteiger partial charge in [0.2, 0.25) is 0 Å². The predicted molar refractivity (Wildman–Crippen MR) is 70.1 cm³/mol. The smallest absolute Gasteiger partial charge is 0.323 e. The van der Waals surface area contributed by atoms with E-state index in [9.17, 15) is 9.90 Å². The zero-order valence-corrected chi connectivity index (χ0v) is 11.7. The number of hydrogen-bond donors (Lipinski definition) is 2. The third-order valence-electron chi connectivity index (χ3n) is 4.08. The Balaban J connectivity index is 2.55. The van der Waals surface area contributed by atoms with Gasteiger partial charge >= 0.3 is 5.97 Å². The molecule has 0 aliphatic heterocycles. The highest BCUT2D eigenvalue weighted by Crippen LogP contribution is 2.35. The van der Waals surface area contributed by atoms with E-state index >= 15 is 0 Å². The molecule has 0 spiro atoms. The first kappa shape index (κ1) is 14.5. The van der Waals surface area contributed by atoms with E-state index in [1.54, 1.807) is 0 Å². The normalized spacial score (nSPS) is 24.2. The molecule has 1 unspecified atom stereocenters. The molecule has 1 aliphatic carbocycles. The van der Waals surface area contributed by atoms with Crippen LogP contribution in [0.3, 0.4) is 0 Å². The van der Waals surface area contributed by atoms with Crippen LogP contribution in [0.25, 0.3) is 0 Å². The van der Waals surface area contributed by atoms with Crippen molar-refractivity contribution in [1.82, 2.24) is 5.32 Å². The first-order chi connectivity index (χ1) is 7.79. The molecular formula is C14H27NO2. The van der Waals surface area contributed by atoms with Crippen LogP contribution in [-0.2, 0) is 4.79 Å². The second-order valence-electron chi connectivity index (χ2n) is 6.47. The quantitative estimate of drug-likeness (QED) is 0.777. The van der Waals surface area contributed by atoms with Crippen molar-refractivity contribution in [2.45, 2.75) is 77.8 Å². The highest BCUT2D eigenvalue weighted by atomic mass is 16.4. The van der Waals surface area contributed by atoms with Crippen molar-refractivity contribution in [1.29, 1.82) is 0 Å². The van der Waals surface area contributed by atoms with Crippen LogP contribution in [0.4, 0.5) is 0 Å². The maximum Gasteiger partial charge on any atom is 0.323 e. The van der Waals surface area contributed by atoms with Crippen molar-refractivity contribution < 1.29 is 9.90 Å². The number of rotatable bonds is 5. The summed E-state index contributed by atoms with van der Waals surface area (Å²) < 4.78 is 0. The summed E-state index contributed by atoms with van der Waals surface area (Å²) in [5.41, 5.74) is -0.316. The molecule has 100 valence electrons. The van der Waals surface area contributed by atoms with E-state index in [2.05, 4.69) is 19.2 Å². The molecule has 0 heterocycles. The average Bonchev–Trinajstić information content (AvgIpc) is 2.21. The average molecular weight is 241 g/mol. The summed E-state index contributed by atoms with van der Waals surface area (Å²) >= 11 is 0. The largest absolute Gasteiger partial charge is 0.480 e. The molecule has 1 aliphatic rings. The molecule has 0 aromatic carbocycles. The minimum Gasteiger partial charge on any atom is -0.480 e. The summed E-state index contributed by atoms with van der Waals surface area (Å²) in [7, 11) is 0. The Hall–Kier alpha value is -0.570. The summed E-state index contributed by atoms with van der Waals surface area (Å²) in [4.78, 5) is 11.3. The third kappa shape index (κ3) is 3.98. The van der Waals surface area contributed by atoms with Gasteiger partial charge in [0.25, 0.3) is 0 Å². The first-order valence-corrected chi connectivity index (χ1v) is 6.80. The summed E-state index contributed by atoms with van der Waals surface area (Å²) in [6.45, 7) is 8.45. The maximum atomic E-state index is 11.3. The lowest BCUT2D eigenvalue weighted by molar-refractivity contribution is -0.145. The number of carboxylic acid groups (broad SMARTS) is 1. The fourth-order valence-electron chi connectivity index (χ4n) is 2.73. The van der Waals surface area contributed by atoms with Crippen molar-refractivity contribution in [3.05, 3.63) is 0 Å². The molecule has 0 aromatic heterocycles. The van der Waals surface area contributed by atoms with Gasteiger partial charge < -0.3 is 5.11 Å². The highest BCUT2D eigenvalue weighted by molar-refractivity contribution is 5.78. The van der Waals surface area contributed by atoms with E-state index < -0.39 is 11.5 Å². The van der Waals surface area contributed by atoms with Gasteiger partial charge in [-0.05, 0) is 44.4 Å². The van der Waals surface area contributed by atoms with Gasteiger partial charge in [-0.2, -0.15) is 0 Å². The second-order valence-corrected chi connectivity index (χ2v) is 6.47. The summed E-state index contributed by atoms with van der Waals surface area (Å²) in [6, 6.07) is 0.371. The zero-order chi connectivity index (χ0) is 13.1. The SMILES string of the molecule is CCCC(C)(NC1CCC(C)(C)CC1)C(=O)O. The van der Waals surface area contributed by atoms with Gasteiger partial charge in [-0.1, -0.05) is 27.2 Å². The molecule has 0 aromatic rings. The Kier molecular flexibility index (Phi) is 4.59. The summed E-state index contributed by atoms with van der Waals surface area (Å²) in [6.07, 6.45) is 6.16. The third-order valence-corrected chi connectivity index (χ3v) is 4.08. The minimum absolute atomic E-state index is 0.371. The Labute approximate surface area is 105 Å². The number of carbonyl (C=O) groups is 1. The van der Waals surface area contributed by atoms with Crippen LogP contribution in [-0.4, -0.2) is 22.7 Å². The maximum absolute atomic E-state index is 11.3. The molecule has 1 fully saturated rings. The first-order valence-electron chi connectivity index (χ1n) is 6.80. The summed E-state index contributed by atoms with van der Waals surface area (Å²) in [5.74, 6) is -0.718. The lowest BCUT2D eigenvalue weighted by atomic mass is 9.75. The molecule has 0 amide bonds. The van der Waals surface area contributed by atoms with E-state index in [1.807, 2.05) is 13.8 Å². The van der Waals surface area contributed by atoms with Crippen LogP contribution in [0, 0.1) is 5.41 Å². The van der Waals surface area contributed by atoms with E-state index in [0.29, 0.717) is 17.9 Å². The van der Waals surface area contributed by atoms with Gasteiger partial charge in [0, 0.05) is 6.04 Å². The molecule has 3 heteroatoms. The van der Waals surface area contributed by atoms with Crippen LogP contribution < -0.4 is 5.32 Å². The number of hydrogen-bond acceptors (Lipinski definition) is 2. The number of nitrogens with one attached hydrogen (secondary N) is 1. The predicted octanol–water partition coefficient (Wildman–Crippen LogP) is 3.19. The molecule has 3 nitrogen and oxygen atoms in total. The molecule has 1 atom stereocenters.